The summed E-state index contributed by atoms with van der Waals surface area (Å²) in [5.41, 5.74) is 2.04. The van der Waals surface area contributed by atoms with Crippen molar-refractivity contribution in [2.75, 3.05) is 18.4 Å². The number of nitrogens with one attached hydrogen (secondary N) is 2. The number of rotatable bonds is 4. The lowest BCUT2D eigenvalue weighted by Crippen LogP contribution is -2.28. The Morgan fingerprint density at radius 2 is 2.10 bits per heavy atom. The Balaban J connectivity index is 0.00000200. The number of amides is 1. The topological polar surface area (TPSA) is 41.1 Å². The van der Waals surface area contributed by atoms with E-state index in [1.165, 1.54) is 18.4 Å². The molecule has 1 aliphatic rings. The van der Waals surface area contributed by atoms with E-state index in [-0.39, 0.29) is 18.3 Å². The maximum atomic E-state index is 11.9. The average Bonchev–Trinajstić information content (AvgIpc) is 2.42. The quantitative estimate of drug-likeness (QED) is 0.854. The minimum absolute atomic E-state index is 0. The van der Waals surface area contributed by atoms with E-state index >= 15 is 0 Å². The van der Waals surface area contributed by atoms with Gasteiger partial charge in [0.1, 0.15) is 0 Å². The van der Waals surface area contributed by atoms with Crippen LogP contribution in [0.15, 0.2) is 22.7 Å². The van der Waals surface area contributed by atoms with Crippen molar-refractivity contribution in [2.45, 2.75) is 32.6 Å². The predicted molar refractivity (Wildman–Crippen MR) is 89.6 cm³/mol. The van der Waals surface area contributed by atoms with Gasteiger partial charge in [-0.2, -0.15) is 0 Å². The molecular formula is C15H22BrClN2O. The van der Waals surface area contributed by atoms with Gasteiger partial charge in [-0.05, 0) is 62.9 Å². The molecule has 3 nitrogen and oxygen atoms in total. The summed E-state index contributed by atoms with van der Waals surface area (Å²) >= 11 is 3.48. The lowest BCUT2D eigenvalue weighted by molar-refractivity contribution is -0.116. The maximum absolute atomic E-state index is 11.9. The standard InChI is InChI=1S/C15H21BrN2O.ClH/c1-11-2-4-13(10-14(11)16)18-15(19)5-3-12-6-8-17-9-7-12;/h2,4,10,12,17H,3,5-9H2,1H3,(H,18,19);1H. The van der Waals surface area contributed by atoms with E-state index in [1.54, 1.807) is 0 Å². The van der Waals surface area contributed by atoms with Crippen molar-refractivity contribution in [3.63, 3.8) is 0 Å². The molecule has 0 saturated carbocycles. The molecule has 0 unspecified atom stereocenters. The number of anilines is 1. The molecule has 112 valence electrons. The number of hydrogen-bond donors (Lipinski definition) is 2. The summed E-state index contributed by atoms with van der Waals surface area (Å²) in [4.78, 5) is 11.9. The van der Waals surface area contributed by atoms with E-state index in [9.17, 15) is 4.79 Å². The fourth-order valence-electron chi connectivity index (χ4n) is 2.40. The maximum Gasteiger partial charge on any atom is 0.224 e. The van der Waals surface area contributed by atoms with Gasteiger partial charge in [-0.1, -0.05) is 22.0 Å². The summed E-state index contributed by atoms with van der Waals surface area (Å²) in [6.07, 6.45) is 4.02. The van der Waals surface area contributed by atoms with E-state index in [2.05, 4.69) is 26.6 Å². The minimum Gasteiger partial charge on any atom is -0.326 e. The molecule has 0 spiro atoms. The number of piperidine rings is 1. The Hall–Kier alpha value is -0.580. The van der Waals surface area contributed by atoms with Gasteiger partial charge in [-0.3, -0.25) is 4.79 Å². The highest BCUT2D eigenvalue weighted by molar-refractivity contribution is 9.10. The van der Waals surface area contributed by atoms with Gasteiger partial charge in [0.2, 0.25) is 5.91 Å². The second-order valence-corrected chi connectivity index (χ2v) is 6.10. The van der Waals surface area contributed by atoms with Crippen molar-refractivity contribution >= 4 is 39.9 Å². The zero-order chi connectivity index (χ0) is 13.7. The third-order valence-corrected chi connectivity index (χ3v) is 4.55. The van der Waals surface area contributed by atoms with E-state index in [0.29, 0.717) is 12.3 Å². The monoisotopic (exact) mass is 360 g/mol. The molecule has 0 radical (unpaired) electrons. The van der Waals surface area contributed by atoms with E-state index in [0.717, 1.165) is 29.7 Å². The Morgan fingerprint density at radius 3 is 2.75 bits per heavy atom. The molecule has 1 aromatic rings. The molecule has 0 atom stereocenters. The van der Waals surface area contributed by atoms with Gasteiger partial charge in [-0.15, -0.1) is 12.4 Å². The molecule has 0 aromatic heterocycles. The zero-order valence-corrected chi connectivity index (χ0v) is 14.1. The van der Waals surface area contributed by atoms with Gasteiger partial charge >= 0.3 is 0 Å². The van der Waals surface area contributed by atoms with Crippen LogP contribution in [0.2, 0.25) is 0 Å². The lowest BCUT2D eigenvalue weighted by Gasteiger charge is -2.22. The Labute approximate surface area is 135 Å². The SMILES string of the molecule is Cc1ccc(NC(=O)CCC2CCNCC2)cc1Br.Cl. The first-order chi connectivity index (χ1) is 9.15. The summed E-state index contributed by atoms with van der Waals surface area (Å²) in [7, 11) is 0. The number of aryl methyl sites for hydroxylation is 1. The molecule has 2 rings (SSSR count). The Kier molecular flexibility index (Phi) is 7.56. The van der Waals surface area contributed by atoms with Crippen LogP contribution in [0.5, 0.6) is 0 Å². The van der Waals surface area contributed by atoms with Crippen LogP contribution in [0.3, 0.4) is 0 Å². The second kappa shape index (κ2) is 8.65. The molecule has 1 heterocycles. The van der Waals surface area contributed by atoms with Gasteiger partial charge in [0, 0.05) is 16.6 Å². The van der Waals surface area contributed by atoms with Crippen LogP contribution in [-0.4, -0.2) is 19.0 Å². The molecular weight excluding hydrogens is 340 g/mol. The molecule has 1 fully saturated rings. The Morgan fingerprint density at radius 1 is 1.40 bits per heavy atom. The average molecular weight is 362 g/mol. The van der Waals surface area contributed by atoms with Crippen LogP contribution in [0.1, 0.15) is 31.2 Å². The van der Waals surface area contributed by atoms with Crippen LogP contribution in [0, 0.1) is 12.8 Å². The van der Waals surface area contributed by atoms with Crippen LogP contribution in [0.25, 0.3) is 0 Å². The van der Waals surface area contributed by atoms with Crippen molar-refractivity contribution in [3.05, 3.63) is 28.2 Å². The fourth-order valence-corrected chi connectivity index (χ4v) is 2.78. The highest BCUT2D eigenvalue weighted by Crippen LogP contribution is 2.22. The van der Waals surface area contributed by atoms with Gasteiger partial charge < -0.3 is 10.6 Å². The molecule has 5 heteroatoms. The van der Waals surface area contributed by atoms with Crippen molar-refractivity contribution in [1.82, 2.24) is 5.32 Å². The van der Waals surface area contributed by atoms with Crippen LogP contribution < -0.4 is 10.6 Å². The first-order valence-electron chi connectivity index (χ1n) is 6.92. The molecule has 1 aliphatic heterocycles. The highest BCUT2D eigenvalue weighted by atomic mass is 79.9. The smallest absolute Gasteiger partial charge is 0.224 e. The van der Waals surface area contributed by atoms with Gasteiger partial charge in [0.05, 0.1) is 0 Å². The molecule has 20 heavy (non-hydrogen) atoms. The fraction of sp³-hybridized carbons (Fsp3) is 0.533. The third-order valence-electron chi connectivity index (χ3n) is 3.69. The van der Waals surface area contributed by atoms with Crippen LogP contribution in [-0.2, 0) is 4.79 Å². The molecule has 1 saturated heterocycles. The van der Waals surface area contributed by atoms with Gasteiger partial charge in [0.25, 0.3) is 0 Å². The van der Waals surface area contributed by atoms with E-state index in [1.807, 2.05) is 25.1 Å². The largest absolute Gasteiger partial charge is 0.326 e. The van der Waals surface area contributed by atoms with Gasteiger partial charge in [0.15, 0.2) is 0 Å². The van der Waals surface area contributed by atoms with Crippen molar-refractivity contribution in [3.8, 4) is 0 Å². The molecule has 1 aromatic carbocycles. The number of hydrogen-bond acceptors (Lipinski definition) is 2. The molecule has 1 amide bonds. The predicted octanol–water partition coefficient (Wildman–Crippen LogP) is 3.90. The van der Waals surface area contributed by atoms with E-state index in [4.69, 9.17) is 0 Å². The highest BCUT2D eigenvalue weighted by Gasteiger charge is 2.14. The first kappa shape index (κ1) is 17.5. The van der Waals surface area contributed by atoms with Crippen molar-refractivity contribution < 1.29 is 4.79 Å². The van der Waals surface area contributed by atoms with Gasteiger partial charge in [-0.25, -0.2) is 0 Å². The first-order valence-corrected chi connectivity index (χ1v) is 7.71. The Bertz CT molecular complexity index is 447. The molecule has 0 bridgehead atoms. The normalized spacial score (nSPS) is 15.5. The van der Waals surface area contributed by atoms with Crippen molar-refractivity contribution in [1.29, 1.82) is 0 Å². The second-order valence-electron chi connectivity index (χ2n) is 5.24. The summed E-state index contributed by atoms with van der Waals surface area (Å²) < 4.78 is 1.03. The third kappa shape index (κ3) is 5.43. The summed E-state index contributed by atoms with van der Waals surface area (Å²) in [5, 5.41) is 6.31. The lowest BCUT2D eigenvalue weighted by atomic mass is 9.93. The summed E-state index contributed by atoms with van der Waals surface area (Å²) in [5.74, 6) is 0.825. The summed E-state index contributed by atoms with van der Waals surface area (Å²) in [6, 6.07) is 5.91. The van der Waals surface area contributed by atoms with Crippen molar-refractivity contribution in [2.24, 2.45) is 5.92 Å². The number of benzene rings is 1. The van der Waals surface area contributed by atoms with E-state index < -0.39 is 0 Å². The summed E-state index contributed by atoms with van der Waals surface area (Å²) in [6.45, 7) is 4.22. The molecule has 2 N–H and O–H groups in total. The minimum atomic E-state index is 0. The number of halogens is 2. The molecule has 0 aliphatic carbocycles. The number of carbonyl (C=O) groups is 1. The zero-order valence-electron chi connectivity index (χ0n) is 11.7. The number of carbonyl (C=O) groups excluding carboxylic acids is 1. The van der Waals surface area contributed by atoms with Crippen LogP contribution >= 0.6 is 28.3 Å². The van der Waals surface area contributed by atoms with Crippen LogP contribution in [0.4, 0.5) is 5.69 Å².